The van der Waals surface area contributed by atoms with Crippen LogP contribution in [0.1, 0.15) is 0 Å². The lowest BCUT2D eigenvalue weighted by Crippen LogP contribution is -1.86. The van der Waals surface area contributed by atoms with Gasteiger partial charge in [-0.3, -0.25) is 0 Å². The molecule has 2 N–H and O–H groups in total. The molecule has 3 rings (SSSR count). The molecule has 0 aliphatic carbocycles. The van der Waals surface area contributed by atoms with Crippen LogP contribution in [-0.2, 0) is 0 Å². The summed E-state index contributed by atoms with van der Waals surface area (Å²) in [6.45, 7) is 0. The first-order valence-electron chi connectivity index (χ1n) is 5.14. The molecule has 1 aromatic carbocycles. The van der Waals surface area contributed by atoms with Crippen LogP contribution in [0.5, 0.6) is 0 Å². The second-order valence-electron chi connectivity index (χ2n) is 3.62. The quantitative estimate of drug-likeness (QED) is 0.773. The summed E-state index contributed by atoms with van der Waals surface area (Å²) >= 11 is 4.59. The number of benzene rings is 1. The van der Waals surface area contributed by atoms with Crippen molar-refractivity contribution in [3.8, 4) is 23.0 Å². The van der Waals surface area contributed by atoms with E-state index in [-0.39, 0.29) is 17.5 Å². The summed E-state index contributed by atoms with van der Waals surface area (Å²) < 4.78 is 19.0. The smallest absolute Gasteiger partial charge is 0.277 e. The van der Waals surface area contributed by atoms with Gasteiger partial charge in [-0.15, -0.1) is 11.3 Å². The Morgan fingerprint density at radius 3 is 2.89 bits per heavy atom. The van der Waals surface area contributed by atoms with E-state index in [4.69, 9.17) is 10.3 Å². The molecule has 8 heteroatoms. The van der Waals surface area contributed by atoms with E-state index in [0.717, 1.165) is 0 Å². The van der Waals surface area contributed by atoms with Crippen LogP contribution in [0.4, 0.5) is 9.52 Å². The maximum atomic E-state index is 13.2. The number of anilines is 1. The summed E-state index contributed by atoms with van der Waals surface area (Å²) in [5.74, 6) is 0.162. The molecule has 96 valence electrons. The van der Waals surface area contributed by atoms with E-state index in [9.17, 15) is 4.39 Å². The summed E-state index contributed by atoms with van der Waals surface area (Å²) in [6.07, 6.45) is 0. The molecular formula is C11H6BrFN4OS. The van der Waals surface area contributed by atoms with Gasteiger partial charge in [0.1, 0.15) is 11.5 Å². The van der Waals surface area contributed by atoms with Gasteiger partial charge < -0.3 is 10.3 Å². The third kappa shape index (κ3) is 2.36. The third-order valence-electron chi connectivity index (χ3n) is 2.34. The van der Waals surface area contributed by atoms with E-state index in [2.05, 4.69) is 31.1 Å². The van der Waals surface area contributed by atoms with E-state index in [0.29, 0.717) is 20.9 Å². The summed E-state index contributed by atoms with van der Waals surface area (Å²) in [4.78, 5) is 8.22. The van der Waals surface area contributed by atoms with Crippen molar-refractivity contribution in [2.75, 3.05) is 5.73 Å². The molecule has 0 atom stereocenters. The number of aromatic nitrogens is 3. The topological polar surface area (TPSA) is 77.8 Å². The number of halogens is 2. The monoisotopic (exact) mass is 340 g/mol. The standard InChI is InChI=1S/C11H6BrFN4OS/c12-7-2-1-5(13)3-6(7)9-16-10(18-17-9)8-4-19-11(14)15-8/h1-4H,(H2,14,15). The zero-order valence-corrected chi connectivity index (χ0v) is 11.7. The Balaban J connectivity index is 2.03. The molecule has 0 saturated carbocycles. The number of nitrogen functional groups attached to an aromatic ring is 1. The van der Waals surface area contributed by atoms with Gasteiger partial charge >= 0.3 is 0 Å². The summed E-state index contributed by atoms with van der Waals surface area (Å²) in [5.41, 5.74) is 6.56. The molecule has 0 saturated heterocycles. The minimum Gasteiger partial charge on any atom is -0.375 e. The van der Waals surface area contributed by atoms with Crippen LogP contribution in [0.3, 0.4) is 0 Å². The number of hydrogen-bond acceptors (Lipinski definition) is 6. The second kappa shape index (κ2) is 4.71. The fraction of sp³-hybridized carbons (Fsp3) is 0. The average Bonchev–Trinajstić information content (AvgIpc) is 3.00. The average molecular weight is 341 g/mol. The highest BCUT2D eigenvalue weighted by molar-refractivity contribution is 9.10. The maximum absolute atomic E-state index is 13.2. The lowest BCUT2D eigenvalue weighted by Gasteiger charge is -1.98. The Kier molecular flexibility index (Phi) is 3.03. The molecule has 0 bridgehead atoms. The van der Waals surface area contributed by atoms with Gasteiger partial charge in [-0.05, 0) is 18.2 Å². The normalized spacial score (nSPS) is 10.8. The lowest BCUT2D eigenvalue weighted by atomic mass is 10.2. The summed E-state index contributed by atoms with van der Waals surface area (Å²) in [5, 5.41) is 5.95. The minimum atomic E-state index is -0.373. The molecule has 0 aliphatic rings. The lowest BCUT2D eigenvalue weighted by molar-refractivity contribution is 0.431. The number of nitrogens with two attached hydrogens (primary N) is 1. The Bertz CT molecular complexity index is 742. The van der Waals surface area contributed by atoms with Gasteiger partial charge in [0.25, 0.3) is 5.89 Å². The molecule has 0 radical (unpaired) electrons. The molecule has 2 heterocycles. The largest absolute Gasteiger partial charge is 0.375 e. The molecule has 5 nitrogen and oxygen atoms in total. The fourth-order valence-corrected chi connectivity index (χ4v) is 2.45. The molecule has 0 unspecified atom stereocenters. The van der Waals surface area contributed by atoms with Gasteiger partial charge in [-0.25, -0.2) is 9.37 Å². The Morgan fingerprint density at radius 2 is 2.16 bits per heavy atom. The predicted molar refractivity (Wildman–Crippen MR) is 72.9 cm³/mol. The van der Waals surface area contributed by atoms with Gasteiger partial charge in [0.05, 0.1) is 0 Å². The second-order valence-corrected chi connectivity index (χ2v) is 5.36. The molecule has 19 heavy (non-hydrogen) atoms. The molecule has 0 fully saturated rings. The minimum absolute atomic E-state index is 0.249. The van der Waals surface area contributed by atoms with Crippen LogP contribution < -0.4 is 5.73 Å². The Hall–Kier alpha value is -1.80. The van der Waals surface area contributed by atoms with E-state index in [1.165, 1.54) is 23.5 Å². The highest BCUT2D eigenvalue weighted by Crippen LogP contribution is 2.29. The van der Waals surface area contributed by atoms with Gasteiger partial charge in [-0.1, -0.05) is 21.1 Å². The number of thiazole rings is 1. The molecule has 3 aromatic rings. The number of nitrogens with zero attached hydrogens (tertiary/aromatic N) is 3. The summed E-state index contributed by atoms with van der Waals surface area (Å²) in [6, 6.07) is 4.26. The SMILES string of the molecule is Nc1nc(-c2nc(-c3cc(F)ccc3Br)no2)cs1. The fourth-order valence-electron chi connectivity index (χ4n) is 1.49. The third-order valence-corrected chi connectivity index (χ3v) is 3.70. The van der Waals surface area contributed by atoms with Crippen molar-refractivity contribution in [3.63, 3.8) is 0 Å². The van der Waals surface area contributed by atoms with Crippen molar-refractivity contribution in [2.45, 2.75) is 0 Å². The van der Waals surface area contributed by atoms with Crippen LogP contribution >= 0.6 is 27.3 Å². The van der Waals surface area contributed by atoms with Crippen molar-refractivity contribution in [2.24, 2.45) is 0 Å². The highest BCUT2D eigenvalue weighted by Gasteiger charge is 2.15. The van der Waals surface area contributed by atoms with E-state index < -0.39 is 0 Å². The first-order valence-corrected chi connectivity index (χ1v) is 6.81. The summed E-state index contributed by atoms with van der Waals surface area (Å²) in [7, 11) is 0. The molecule has 0 amide bonds. The first kappa shape index (κ1) is 12.2. The Labute approximate surface area is 119 Å². The number of rotatable bonds is 2. The van der Waals surface area contributed by atoms with Crippen molar-refractivity contribution in [1.82, 2.24) is 15.1 Å². The van der Waals surface area contributed by atoms with Gasteiger partial charge in [0.2, 0.25) is 5.82 Å². The molecular weight excluding hydrogens is 335 g/mol. The van der Waals surface area contributed by atoms with Crippen LogP contribution in [0.15, 0.2) is 32.6 Å². The van der Waals surface area contributed by atoms with Crippen molar-refractivity contribution in [3.05, 3.63) is 33.9 Å². The van der Waals surface area contributed by atoms with Crippen LogP contribution in [-0.4, -0.2) is 15.1 Å². The molecule has 2 aromatic heterocycles. The van der Waals surface area contributed by atoms with Crippen LogP contribution in [0.2, 0.25) is 0 Å². The van der Waals surface area contributed by atoms with Crippen LogP contribution in [0, 0.1) is 5.82 Å². The van der Waals surface area contributed by atoms with Crippen molar-refractivity contribution < 1.29 is 8.91 Å². The highest BCUT2D eigenvalue weighted by atomic mass is 79.9. The maximum Gasteiger partial charge on any atom is 0.277 e. The molecule has 0 aliphatic heterocycles. The van der Waals surface area contributed by atoms with E-state index in [1.807, 2.05) is 0 Å². The number of hydrogen-bond donors (Lipinski definition) is 1. The molecule has 0 spiro atoms. The van der Waals surface area contributed by atoms with E-state index >= 15 is 0 Å². The van der Waals surface area contributed by atoms with Crippen molar-refractivity contribution >= 4 is 32.4 Å². The van der Waals surface area contributed by atoms with Gasteiger partial charge in [0, 0.05) is 15.4 Å². The zero-order valence-electron chi connectivity index (χ0n) is 9.30. The van der Waals surface area contributed by atoms with Crippen LogP contribution in [0.25, 0.3) is 23.0 Å². The van der Waals surface area contributed by atoms with Crippen molar-refractivity contribution in [1.29, 1.82) is 0 Å². The van der Waals surface area contributed by atoms with E-state index in [1.54, 1.807) is 11.4 Å². The first-order chi connectivity index (χ1) is 9.13. The predicted octanol–water partition coefficient (Wildman–Crippen LogP) is 3.34. The Morgan fingerprint density at radius 1 is 1.32 bits per heavy atom. The van der Waals surface area contributed by atoms with Gasteiger partial charge in [-0.2, -0.15) is 4.98 Å². The zero-order chi connectivity index (χ0) is 13.4. The van der Waals surface area contributed by atoms with Gasteiger partial charge in [0.15, 0.2) is 5.13 Å².